The zero-order valence-electron chi connectivity index (χ0n) is 21.2. The molecule has 3 atom stereocenters. The average molecular weight is 556 g/mol. The predicted molar refractivity (Wildman–Crippen MR) is 127 cm³/mol. The molecule has 1 aliphatic rings. The maximum atomic E-state index is 12.8. The number of methoxy groups -OCH3 is 1. The summed E-state index contributed by atoms with van der Waals surface area (Å²) in [5, 5.41) is 11.6. The standard InChI is InChI=1S/C21H34NO12PS/c1-20(2,3)19(28)36-10-13(18(26)27)9-15(24)31-12-33-35(29)32-11-21(4,5)16(34-35)17(25)22-8-7-14(23)30-6/h13,16H,7-12H2,1-6H3,(H,22,25)(H,26,27)/t13-,16-,35?/m0/s1. The molecule has 0 aliphatic carbocycles. The van der Waals surface area contributed by atoms with Gasteiger partial charge in [0.05, 0.1) is 32.5 Å². The highest BCUT2D eigenvalue weighted by molar-refractivity contribution is 8.13. The normalized spacial score (nSPS) is 22.2. The van der Waals surface area contributed by atoms with Crippen LogP contribution in [0.2, 0.25) is 0 Å². The topological polar surface area (TPSA) is 181 Å². The van der Waals surface area contributed by atoms with E-state index in [-0.39, 0.29) is 30.4 Å². The van der Waals surface area contributed by atoms with Crippen molar-refractivity contribution >= 4 is 48.5 Å². The first kappa shape index (κ1) is 32.0. The van der Waals surface area contributed by atoms with E-state index >= 15 is 0 Å². The Morgan fingerprint density at radius 2 is 1.83 bits per heavy atom. The van der Waals surface area contributed by atoms with Crippen LogP contribution >= 0.6 is 19.6 Å². The summed E-state index contributed by atoms with van der Waals surface area (Å²) in [7, 11) is -3.10. The number of carbonyl (C=O) groups excluding carboxylic acids is 4. The van der Waals surface area contributed by atoms with Gasteiger partial charge in [-0.25, -0.2) is 9.09 Å². The number of esters is 2. The number of ether oxygens (including phenoxy) is 2. The second-order valence-electron chi connectivity index (χ2n) is 9.66. The zero-order valence-corrected chi connectivity index (χ0v) is 22.9. The summed E-state index contributed by atoms with van der Waals surface area (Å²) in [6.07, 6.45) is -1.89. The second-order valence-corrected chi connectivity index (χ2v) is 12.3. The Bertz CT molecular complexity index is 885. The third-order valence-electron chi connectivity index (χ3n) is 4.85. The van der Waals surface area contributed by atoms with Gasteiger partial charge in [0.25, 0.3) is 0 Å². The summed E-state index contributed by atoms with van der Waals surface area (Å²) in [5.41, 5.74) is -1.57. The van der Waals surface area contributed by atoms with Gasteiger partial charge < -0.3 is 19.9 Å². The van der Waals surface area contributed by atoms with Crippen LogP contribution in [0.5, 0.6) is 0 Å². The summed E-state index contributed by atoms with van der Waals surface area (Å²) in [5.74, 6) is -4.74. The first-order valence-corrected chi connectivity index (χ1v) is 13.4. The fraction of sp³-hybridized carbons (Fsp3) is 0.762. The molecule has 15 heteroatoms. The number of hydrogen-bond acceptors (Lipinski definition) is 12. The van der Waals surface area contributed by atoms with Crippen molar-refractivity contribution in [1.29, 1.82) is 0 Å². The number of rotatable bonds is 12. The van der Waals surface area contributed by atoms with E-state index in [1.165, 1.54) is 7.11 Å². The first-order valence-electron chi connectivity index (χ1n) is 11.0. The van der Waals surface area contributed by atoms with Gasteiger partial charge in [0.15, 0.2) is 11.2 Å². The molecule has 1 unspecified atom stereocenters. The number of phosphoric acid groups is 1. The van der Waals surface area contributed by atoms with Crippen molar-refractivity contribution in [3.63, 3.8) is 0 Å². The largest absolute Gasteiger partial charge is 0.481 e. The van der Waals surface area contributed by atoms with Gasteiger partial charge in [0, 0.05) is 23.1 Å². The molecule has 1 amide bonds. The van der Waals surface area contributed by atoms with E-state index < -0.39 is 67.7 Å². The number of phosphoric ester groups is 1. The molecule has 0 aromatic heterocycles. The van der Waals surface area contributed by atoms with Gasteiger partial charge in [0.1, 0.15) is 0 Å². The zero-order chi connectivity index (χ0) is 27.7. The van der Waals surface area contributed by atoms with Crippen LogP contribution in [0.1, 0.15) is 47.5 Å². The minimum Gasteiger partial charge on any atom is -0.481 e. The smallest absolute Gasteiger partial charge is 0.478 e. The Morgan fingerprint density at radius 3 is 2.39 bits per heavy atom. The van der Waals surface area contributed by atoms with Crippen LogP contribution in [0, 0.1) is 16.7 Å². The monoisotopic (exact) mass is 555 g/mol. The molecular formula is C21H34NO12PS. The summed E-state index contributed by atoms with van der Waals surface area (Å²) in [6.45, 7) is 7.25. The highest BCUT2D eigenvalue weighted by Gasteiger charge is 2.49. The summed E-state index contributed by atoms with van der Waals surface area (Å²) in [4.78, 5) is 59.3. The third kappa shape index (κ3) is 10.6. The molecular weight excluding hydrogens is 521 g/mol. The van der Waals surface area contributed by atoms with Crippen molar-refractivity contribution in [2.24, 2.45) is 16.7 Å². The van der Waals surface area contributed by atoms with Crippen molar-refractivity contribution in [1.82, 2.24) is 5.32 Å². The van der Waals surface area contributed by atoms with Crippen LogP contribution in [0.15, 0.2) is 0 Å². The average Bonchev–Trinajstić information content (AvgIpc) is 2.77. The number of nitrogens with one attached hydrogen (secondary N) is 1. The van der Waals surface area contributed by atoms with Crippen molar-refractivity contribution in [2.75, 3.05) is 32.8 Å². The Hall–Kier alpha value is -1.99. The molecule has 1 rings (SSSR count). The van der Waals surface area contributed by atoms with E-state index in [2.05, 4.69) is 10.1 Å². The second kappa shape index (κ2) is 13.5. The highest BCUT2D eigenvalue weighted by Crippen LogP contribution is 2.57. The van der Waals surface area contributed by atoms with Gasteiger partial charge in [-0.2, -0.15) is 0 Å². The van der Waals surface area contributed by atoms with Gasteiger partial charge >= 0.3 is 25.7 Å². The van der Waals surface area contributed by atoms with Gasteiger partial charge in [0.2, 0.25) is 12.7 Å². The molecule has 1 heterocycles. The van der Waals surface area contributed by atoms with E-state index in [1.54, 1.807) is 34.6 Å². The van der Waals surface area contributed by atoms with E-state index in [1.807, 2.05) is 0 Å². The van der Waals surface area contributed by atoms with Crippen LogP contribution in [-0.2, 0) is 51.6 Å². The number of hydrogen-bond donors (Lipinski definition) is 2. The maximum Gasteiger partial charge on any atom is 0.478 e. The van der Waals surface area contributed by atoms with Gasteiger partial charge in [-0.1, -0.05) is 46.4 Å². The molecule has 206 valence electrons. The molecule has 1 saturated heterocycles. The predicted octanol–water partition coefficient (Wildman–Crippen LogP) is 2.13. The number of amides is 1. The van der Waals surface area contributed by atoms with Crippen molar-refractivity contribution in [2.45, 2.75) is 53.6 Å². The first-order chi connectivity index (χ1) is 16.5. The third-order valence-corrected chi connectivity index (χ3v) is 7.63. The summed E-state index contributed by atoms with van der Waals surface area (Å²) < 4.78 is 37.5. The summed E-state index contributed by atoms with van der Waals surface area (Å²) >= 11 is 0.812. The number of carboxylic acid groups (broad SMARTS) is 1. The van der Waals surface area contributed by atoms with Crippen LogP contribution in [0.3, 0.4) is 0 Å². The Kier molecular flexibility index (Phi) is 12.0. The molecule has 13 nitrogen and oxygen atoms in total. The Morgan fingerprint density at radius 1 is 1.19 bits per heavy atom. The van der Waals surface area contributed by atoms with Crippen LogP contribution < -0.4 is 5.32 Å². The number of carboxylic acids is 1. The molecule has 0 aromatic carbocycles. The molecule has 0 radical (unpaired) electrons. The maximum absolute atomic E-state index is 12.8. The van der Waals surface area contributed by atoms with E-state index in [9.17, 15) is 33.6 Å². The number of aliphatic carboxylic acids is 1. The molecule has 0 spiro atoms. The quantitative estimate of drug-likeness (QED) is 0.203. The molecule has 0 saturated carbocycles. The van der Waals surface area contributed by atoms with Crippen LogP contribution in [0.4, 0.5) is 0 Å². The van der Waals surface area contributed by atoms with E-state index in [0.717, 1.165) is 11.8 Å². The lowest BCUT2D eigenvalue weighted by Crippen LogP contribution is -2.50. The summed E-state index contributed by atoms with van der Waals surface area (Å²) in [6, 6.07) is 0. The molecule has 2 N–H and O–H groups in total. The van der Waals surface area contributed by atoms with Crippen LogP contribution in [0.25, 0.3) is 0 Å². The molecule has 0 aromatic rings. The van der Waals surface area contributed by atoms with E-state index in [4.69, 9.17) is 18.3 Å². The van der Waals surface area contributed by atoms with E-state index in [0.29, 0.717) is 0 Å². The van der Waals surface area contributed by atoms with Crippen molar-refractivity contribution in [3.05, 3.63) is 0 Å². The van der Waals surface area contributed by atoms with Crippen molar-refractivity contribution in [3.8, 4) is 0 Å². The Labute approximate surface area is 213 Å². The van der Waals surface area contributed by atoms with Gasteiger partial charge in [-0.05, 0) is 0 Å². The highest BCUT2D eigenvalue weighted by atomic mass is 32.2. The minimum atomic E-state index is -4.31. The van der Waals surface area contributed by atoms with Crippen LogP contribution in [-0.4, -0.2) is 72.9 Å². The molecule has 36 heavy (non-hydrogen) atoms. The fourth-order valence-corrected chi connectivity index (χ4v) is 5.16. The fourth-order valence-electron chi connectivity index (χ4n) is 2.60. The van der Waals surface area contributed by atoms with Gasteiger partial charge in [-0.15, -0.1) is 0 Å². The minimum absolute atomic E-state index is 0.0323. The molecule has 0 bridgehead atoms. The lowest BCUT2D eigenvalue weighted by molar-refractivity contribution is -0.159. The van der Waals surface area contributed by atoms with Gasteiger partial charge in [-0.3, -0.25) is 33.0 Å². The SMILES string of the molecule is COC(=O)CCNC(=O)[C@@H]1OP(=O)(OCOC(=O)C[C@@H](CSC(=O)C(C)(C)C)C(=O)O)OCC1(C)C. The lowest BCUT2D eigenvalue weighted by Gasteiger charge is -2.39. The lowest BCUT2D eigenvalue weighted by atomic mass is 9.87. The Balaban J connectivity index is 2.61. The molecule has 1 aliphatic heterocycles. The van der Waals surface area contributed by atoms with Crippen molar-refractivity contribution < 1.29 is 56.7 Å². The number of thioether (sulfide) groups is 1. The molecule has 1 fully saturated rings. The number of carbonyl (C=O) groups is 5.